The molecule has 0 aliphatic heterocycles. The summed E-state index contributed by atoms with van der Waals surface area (Å²) in [5, 5.41) is 0. The van der Waals surface area contributed by atoms with Crippen molar-refractivity contribution in [2.45, 2.75) is 20.0 Å². The van der Waals surface area contributed by atoms with E-state index >= 15 is 0 Å². The summed E-state index contributed by atoms with van der Waals surface area (Å²) in [6.07, 6.45) is 0.0301. The number of hydrogen-bond donors (Lipinski definition) is 1. The number of rotatable bonds is 4. The summed E-state index contributed by atoms with van der Waals surface area (Å²) in [6.45, 7) is 4.05. The van der Waals surface area contributed by atoms with Crippen molar-refractivity contribution in [3.05, 3.63) is 48.5 Å². The maximum absolute atomic E-state index is 9.39. The van der Waals surface area contributed by atoms with E-state index < -0.39 is 0 Å². The van der Waals surface area contributed by atoms with Crippen molar-refractivity contribution in [3.63, 3.8) is 0 Å². The topological polar surface area (TPSA) is 61.5 Å². The fourth-order valence-corrected chi connectivity index (χ4v) is 1.66. The maximum atomic E-state index is 9.39. The van der Waals surface area contributed by atoms with Crippen LogP contribution in [0.2, 0.25) is 0 Å². The molecular weight excluding hydrogens is 266 g/mol. The van der Waals surface area contributed by atoms with Crippen molar-refractivity contribution < 1.29 is 14.3 Å². The molecule has 2 N–H and O–H groups in total. The number of ether oxygens (including phenoxy) is 2. The van der Waals surface area contributed by atoms with E-state index in [1.165, 1.54) is 0 Å². The van der Waals surface area contributed by atoms with Crippen molar-refractivity contribution in [2.24, 2.45) is 0 Å². The van der Waals surface area contributed by atoms with E-state index in [1.807, 2.05) is 36.4 Å². The molecule has 0 unspecified atom stereocenters. The molecule has 0 spiro atoms. The summed E-state index contributed by atoms with van der Waals surface area (Å²) in [4.78, 5) is 9.39. The van der Waals surface area contributed by atoms with Crippen LogP contribution in [-0.2, 0) is 9.53 Å². The Labute approximate surface area is 125 Å². The predicted molar refractivity (Wildman–Crippen MR) is 85.1 cm³/mol. The van der Waals surface area contributed by atoms with Crippen molar-refractivity contribution in [2.75, 3.05) is 12.8 Å². The first-order chi connectivity index (χ1) is 10.1. The van der Waals surface area contributed by atoms with E-state index in [2.05, 4.69) is 16.9 Å². The fourth-order valence-electron chi connectivity index (χ4n) is 1.66. The molecule has 0 bridgehead atoms. The number of nitrogen functional groups attached to an aromatic ring is 1. The quantitative estimate of drug-likeness (QED) is 0.690. The molecule has 0 radical (unpaired) electrons. The molecule has 0 aliphatic carbocycles. The van der Waals surface area contributed by atoms with Gasteiger partial charge in [-0.15, -0.1) is 0 Å². The van der Waals surface area contributed by atoms with Crippen molar-refractivity contribution in [3.8, 4) is 16.9 Å². The highest BCUT2D eigenvalue weighted by atomic mass is 16.5. The Balaban J connectivity index is 0.000000315. The fraction of sp³-hybridized carbons (Fsp3) is 0.235. The molecule has 0 saturated carbocycles. The zero-order valence-electron chi connectivity index (χ0n) is 12.6. The molecular formula is C17H21NO3. The van der Waals surface area contributed by atoms with Crippen LogP contribution in [0.3, 0.4) is 0 Å². The highest BCUT2D eigenvalue weighted by Gasteiger charge is 2.01. The Kier molecular flexibility index (Phi) is 6.81. The first-order valence-electron chi connectivity index (χ1n) is 6.66. The van der Waals surface area contributed by atoms with Crippen LogP contribution in [0.15, 0.2) is 48.5 Å². The van der Waals surface area contributed by atoms with E-state index in [1.54, 1.807) is 21.0 Å². The van der Waals surface area contributed by atoms with Gasteiger partial charge in [0.15, 0.2) is 0 Å². The number of hydrogen-bond acceptors (Lipinski definition) is 4. The number of methoxy groups -OCH3 is 1. The van der Waals surface area contributed by atoms with Crippen molar-refractivity contribution in [1.29, 1.82) is 0 Å². The van der Waals surface area contributed by atoms with Crippen LogP contribution < -0.4 is 10.5 Å². The Bertz CT molecular complexity index is 553. The molecule has 4 heteroatoms. The van der Waals surface area contributed by atoms with E-state index in [-0.39, 0.29) is 6.10 Å². The molecule has 0 amide bonds. The molecule has 2 aromatic carbocycles. The average molecular weight is 287 g/mol. The monoisotopic (exact) mass is 287 g/mol. The molecule has 2 rings (SSSR count). The van der Waals surface area contributed by atoms with Gasteiger partial charge in [0, 0.05) is 0 Å². The molecule has 21 heavy (non-hydrogen) atoms. The summed E-state index contributed by atoms with van der Waals surface area (Å²) >= 11 is 0. The summed E-state index contributed by atoms with van der Waals surface area (Å²) < 4.78 is 9.47. The van der Waals surface area contributed by atoms with Gasteiger partial charge in [-0.05, 0) is 37.1 Å². The highest BCUT2D eigenvalue weighted by Crippen LogP contribution is 2.27. The zero-order valence-corrected chi connectivity index (χ0v) is 12.6. The summed E-state index contributed by atoms with van der Waals surface area (Å²) in [7, 11) is 1.62. The third-order valence-corrected chi connectivity index (χ3v) is 2.66. The molecule has 0 saturated heterocycles. The van der Waals surface area contributed by atoms with Gasteiger partial charge in [0.2, 0.25) is 0 Å². The van der Waals surface area contributed by atoms with Gasteiger partial charge in [0.05, 0.1) is 18.9 Å². The first kappa shape index (κ1) is 16.6. The molecule has 0 aliphatic rings. The van der Waals surface area contributed by atoms with E-state index in [0.29, 0.717) is 12.2 Å². The lowest BCUT2D eigenvalue weighted by Gasteiger charge is -2.07. The van der Waals surface area contributed by atoms with Gasteiger partial charge in [0.1, 0.15) is 5.75 Å². The highest BCUT2D eigenvalue weighted by molar-refractivity contribution is 5.70. The van der Waals surface area contributed by atoms with Gasteiger partial charge in [-0.2, -0.15) is 0 Å². The second kappa shape index (κ2) is 8.64. The standard InChI is InChI=1S/C13H13NO.C4H8O2/c1-15-13-8-7-11(9-12(13)14)10-5-3-2-4-6-10;1-4(2)6-3-5/h2-9H,14H2,1H3;3-4H,1-2H3. The summed E-state index contributed by atoms with van der Waals surface area (Å²) in [6, 6.07) is 15.9. The van der Waals surface area contributed by atoms with Crippen LogP contribution in [0.4, 0.5) is 5.69 Å². The van der Waals surface area contributed by atoms with Gasteiger partial charge in [0.25, 0.3) is 6.47 Å². The number of carbonyl (C=O) groups excluding carboxylic acids is 1. The maximum Gasteiger partial charge on any atom is 0.293 e. The van der Waals surface area contributed by atoms with E-state index in [0.717, 1.165) is 16.9 Å². The lowest BCUT2D eigenvalue weighted by molar-refractivity contribution is -0.131. The van der Waals surface area contributed by atoms with Gasteiger partial charge in [-0.25, -0.2) is 0 Å². The Morgan fingerprint density at radius 2 is 1.71 bits per heavy atom. The Hall–Kier alpha value is -2.49. The number of benzene rings is 2. The second-order valence-electron chi connectivity index (χ2n) is 4.60. The van der Waals surface area contributed by atoms with Crippen molar-refractivity contribution in [1.82, 2.24) is 0 Å². The zero-order chi connectivity index (χ0) is 15.7. The molecule has 4 nitrogen and oxygen atoms in total. The van der Waals surface area contributed by atoms with Crippen LogP contribution in [0.25, 0.3) is 11.1 Å². The number of anilines is 1. The normalized spacial score (nSPS) is 9.52. The predicted octanol–water partition coefficient (Wildman–Crippen LogP) is 3.51. The molecule has 2 aromatic rings. The molecule has 112 valence electrons. The Morgan fingerprint density at radius 1 is 1.05 bits per heavy atom. The first-order valence-corrected chi connectivity index (χ1v) is 6.66. The minimum atomic E-state index is 0.0301. The lowest BCUT2D eigenvalue weighted by Crippen LogP contribution is -1.98. The smallest absolute Gasteiger partial charge is 0.293 e. The molecule has 0 atom stereocenters. The Morgan fingerprint density at radius 3 is 2.14 bits per heavy atom. The summed E-state index contributed by atoms with van der Waals surface area (Å²) in [5.74, 6) is 0.717. The van der Waals surface area contributed by atoms with Gasteiger partial charge in [-0.3, -0.25) is 4.79 Å². The van der Waals surface area contributed by atoms with Crippen LogP contribution in [0.1, 0.15) is 13.8 Å². The largest absolute Gasteiger partial charge is 0.495 e. The van der Waals surface area contributed by atoms with Gasteiger partial charge in [-0.1, -0.05) is 36.4 Å². The minimum absolute atomic E-state index is 0.0301. The minimum Gasteiger partial charge on any atom is -0.495 e. The van der Waals surface area contributed by atoms with E-state index in [9.17, 15) is 4.79 Å². The van der Waals surface area contributed by atoms with Crippen LogP contribution in [-0.4, -0.2) is 19.7 Å². The van der Waals surface area contributed by atoms with E-state index in [4.69, 9.17) is 10.5 Å². The van der Waals surface area contributed by atoms with Crippen molar-refractivity contribution >= 4 is 12.2 Å². The SMILES string of the molecule is CC(C)OC=O.COc1ccc(-c2ccccc2)cc1N. The second-order valence-corrected chi connectivity index (χ2v) is 4.60. The average Bonchev–Trinajstić information content (AvgIpc) is 2.48. The third-order valence-electron chi connectivity index (χ3n) is 2.66. The third kappa shape index (κ3) is 5.57. The van der Waals surface area contributed by atoms with Crippen LogP contribution in [0, 0.1) is 0 Å². The molecule has 0 fully saturated rings. The number of nitrogens with two attached hydrogens (primary N) is 1. The van der Waals surface area contributed by atoms with Crippen LogP contribution >= 0.6 is 0 Å². The number of carbonyl (C=O) groups is 1. The molecule has 0 heterocycles. The molecule has 0 aromatic heterocycles. The summed E-state index contributed by atoms with van der Waals surface area (Å²) in [5.41, 5.74) is 8.77. The lowest BCUT2D eigenvalue weighted by atomic mass is 10.1. The van der Waals surface area contributed by atoms with Crippen LogP contribution in [0.5, 0.6) is 5.75 Å². The van der Waals surface area contributed by atoms with Gasteiger partial charge >= 0.3 is 0 Å². The van der Waals surface area contributed by atoms with Gasteiger partial charge < -0.3 is 15.2 Å².